The Hall–Kier alpha value is -2.63. The highest BCUT2D eigenvalue weighted by atomic mass is 127. The Morgan fingerprint density at radius 2 is 2.04 bits per heavy atom. The molecule has 4 rings (SSSR count). The van der Waals surface area contributed by atoms with Gasteiger partial charge in [0.15, 0.2) is 0 Å². The average Bonchev–Trinajstić information content (AvgIpc) is 3.25. The summed E-state index contributed by atoms with van der Waals surface area (Å²) in [5.41, 5.74) is 7.27. The quantitative estimate of drug-likeness (QED) is 0.452. The molecule has 0 saturated heterocycles. The number of anilines is 1. The Morgan fingerprint density at radius 1 is 1.22 bits per heavy atom. The standard InChI is InChI=1S/C17H14F2IN7/c1-2-13(26-6-11(20)15-16(21)22-8-23-17(15)26)12-7-27(25-24-12)14-5-9(18)3-4-10(14)19/h3-8,13H,2H2,1H3,(H2,21,22,23). The number of hydrogen-bond acceptors (Lipinski definition) is 5. The molecule has 0 radical (unpaired) electrons. The molecule has 1 aromatic carbocycles. The molecule has 0 fully saturated rings. The van der Waals surface area contributed by atoms with Crippen LogP contribution >= 0.6 is 22.6 Å². The Balaban J connectivity index is 1.80. The molecule has 3 heterocycles. The van der Waals surface area contributed by atoms with Gasteiger partial charge in [-0.15, -0.1) is 5.10 Å². The second-order valence-electron chi connectivity index (χ2n) is 5.95. The zero-order chi connectivity index (χ0) is 19.1. The van der Waals surface area contributed by atoms with Crippen LogP contribution in [0.25, 0.3) is 16.7 Å². The maximum Gasteiger partial charge on any atom is 0.149 e. The smallest absolute Gasteiger partial charge is 0.149 e. The first-order chi connectivity index (χ1) is 13.0. The van der Waals surface area contributed by atoms with Gasteiger partial charge in [0.25, 0.3) is 0 Å². The molecule has 2 N–H and O–H groups in total. The van der Waals surface area contributed by atoms with Gasteiger partial charge in [-0.05, 0) is 41.1 Å². The number of fused-ring (bicyclic) bond motifs is 1. The summed E-state index contributed by atoms with van der Waals surface area (Å²) in [5.74, 6) is -0.723. The van der Waals surface area contributed by atoms with Gasteiger partial charge in [-0.1, -0.05) is 12.1 Å². The highest BCUT2D eigenvalue weighted by Gasteiger charge is 2.22. The average molecular weight is 481 g/mol. The molecule has 27 heavy (non-hydrogen) atoms. The fourth-order valence-electron chi connectivity index (χ4n) is 3.06. The number of nitrogen functional groups attached to an aromatic ring is 1. The zero-order valence-electron chi connectivity index (χ0n) is 14.1. The molecule has 4 aromatic rings. The van der Waals surface area contributed by atoms with E-state index in [1.807, 2.05) is 17.7 Å². The third-order valence-electron chi connectivity index (χ3n) is 4.32. The van der Waals surface area contributed by atoms with Crippen molar-refractivity contribution in [2.24, 2.45) is 0 Å². The molecule has 0 aliphatic carbocycles. The molecule has 0 bridgehead atoms. The van der Waals surface area contributed by atoms with E-state index < -0.39 is 11.6 Å². The number of nitrogens with two attached hydrogens (primary N) is 1. The van der Waals surface area contributed by atoms with Crippen LogP contribution in [0.15, 0.2) is 36.9 Å². The summed E-state index contributed by atoms with van der Waals surface area (Å²) in [6.45, 7) is 2.00. The Bertz CT molecular complexity index is 1140. The van der Waals surface area contributed by atoms with Crippen LogP contribution in [0.4, 0.5) is 14.6 Å². The molecule has 3 aromatic heterocycles. The van der Waals surface area contributed by atoms with Gasteiger partial charge in [-0.2, -0.15) is 0 Å². The molecule has 0 amide bonds. The van der Waals surface area contributed by atoms with Crippen LogP contribution in [-0.2, 0) is 0 Å². The van der Waals surface area contributed by atoms with Crippen molar-refractivity contribution in [3.63, 3.8) is 0 Å². The van der Waals surface area contributed by atoms with E-state index in [9.17, 15) is 8.78 Å². The van der Waals surface area contributed by atoms with Crippen LogP contribution in [-0.4, -0.2) is 29.5 Å². The molecule has 138 valence electrons. The van der Waals surface area contributed by atoms with E-state index in [0.29, 0.717) is 23.6 Å². The fourth-order valence-corrected chi connectivity index (χ4v) is 3.87. The molecule has 1 atom stereocenters. The van der Waals surface area contributed by atoms with Gasteiger partial charge in [0, 0.05) is 15.8 Å². The SMILES string of the molecule is CCC(c1cn(-c2cc(F)ccc2F)nn1)n1cc(I)c2c(N)ncnc21. The molecule has 7 nitrogen and oxygen atoms in total. The van der Waals surface area contributed by atoms with Crippen molar-refractivity contribution in [2.75, 3.05) is 5.73 Å². The normalized spacial score (nSPS) is 12.6. The lowest BCUT2D eigenvalue weighted by atomic mass is 10.1. The van der Waals surface area contributed by atoms with Gasteiger partial charge in [0.1, 0.15) is 40.8 Å². The van der Waals surface area contributed by atoms with E-state index in [0.717, 1.165) is 27.2 Å². The van der Waals surface area contributed by atoms with E-state index in [4.69, 9.17) is 5.73 Å². The van der Waals surface area contributed by atoms with E-state index in [2.05, 4.69) is 42.9 Å². The predicted octanol–water partition coefficient (Wildman–Crippen LogP) is 3.48. The Labute approximate surface area is 166 Å². The van der Waals surface area contributed by atoms with Crippen LogP contribution in [0.5, 0.6) is 0 Å². The first-order valence-electron chi connectivity index (χ1n) is 8.13. The van der Waals surface area contributed by atoms with Gasteiger partial charge in [0.2, 0.25) is 0 Å². The van der Waals surface area contributed by atoms with Crippen molar-refractivity contribution < 1.29 is 8.78 Å². The minimum Gasteiger partial charge on any atom is -0.383 e. The van der Waals surface area contributed by atoms with Crippen molar-refractivity contribution in [1.29, 1.82) is 0 Å². The lowest BCUT2D eigenvalue weighted by molar-refractivity contribution is 0.563. The van der Waals surface area contributed by atoms with E-state index >= 15 is 0 Å². The van der Waals surface area contributed by atoms with Crippen LogP contribution in [0.1, 0.15) is 25.1 Å². The molecule has 0 aliphatic heterocycles. The number of halogens is 3. The summed E-state index contributed by atoms with van der Waals surface area (Å²) in [6.07, 6.45) is 5.62. The minimum absolute atomic E-state index is 0.00196. The van der Waals surface area contributed by atoms with Crippen molar-refractivity contribution in [1.82, 2.24) is 29.5 Å². The molecule has 0 aliphatic rings. The number of hydrogen-bond donors (Lipinski definition) is 1. The van der Waals surface area contributed by atoms with Crippen molar-refractivity contribution in [2.45, 2.75) is 19.4 Å². The highest BCUT2D eigenvalue weighted by Crippen LogP contribution is 2.31. The summed E-state index contributed by atoms with van der Waals surface area (Å²) in [5, 5.41) is 8.93. The maximum absolute atomic E-state index is 14.0. The third kappa shape index (κ3) is 3.03. The largest absolute Gasteiger partial charge is 0.383 e. The van der Waals surface area contributed by atoms with Gasteiger partial charge in [-0.25, -0.2) is 23.4 Å². The van der Waals surface area contributed by atoms with Crippen LogP contribution in [0.3, 0.4) is 0 Å². The first-order valence-corrected chi connectivity index (χ1v) is 9.21. The van der Waals surface area contributed by atoms with Crippen molar-refractivity contribution in [3.8, 4) is 5.69 Å². The number of rotatable bonds is 4. The van der Waals surface area contributed by atoms with Crippen LogP contribution in [0.2, 0.25) is 0 Å². The first kappa shape index (κ1) is 17.8. The lowest BCUT2D eigenvalue weighted by Crippen LogP contribution is -2.10. The van der Waals surface area contributed by atoms with Crippen LogP contribution < -0.4 is 5.73 Å². The third-order valence-corrected chi connectivity index (χ3v) is 5.14. The van der Waals surface area contributed by atoms with E-state index in [1.165, 1.54) is 11.0 Å². The second-order valence-corrected chi connectivity index (χ2v) is 7.11. The minimum atomic E-state index is -0.581. The summed E-state index contributed by atoms with van der Waals surface area (Å²) in [7, 11) is 0. The van der Waals surface area contributed by atoms with E-state index in [-0.39, 0.29) is 11.7 Å². The molecule has 10 heteroatoms. The van der Waals surface area contributed by atoms with Crippen molar-refractivity contribution >= 4 is 39.4 Å². The van der Waals surface area contributed by atoms with Crippen molar-refractivity contribution in [3.05, 3.63) is 57.8 Å². The monoisotopic (exact) mass is 481 g/mol. The predicted molar refractivity (Wildman–Crippen MR) is 104 cm³/mol. The maximum atomic E-state index is 14.0. The van der Waals surface area contributed by atoms with Gasteiger partial charge in [-0.3, -0.25) is 0 Å². The molecular formula is C17H14F2IN7. The number of nitrogens with zero attached hydrogens (tertiary/aromatic N) is 6. The lowest BCUT2D eigenvalue weighted by Gasteiger charge is -2.15. The van der Waals surface area contributed by atoms with Gasteiger partial charge < -0.3 is 10.3 Å². The molecule has 0 spiro atoms. The second kappa shape index (κ2) is 6.83. The molecule has 0 saturated carbocycles. The summed E-state index contributed by atoms with van der Waals surface area (Å²) >= 11 is 2.18. The Morgan fingerprint density at radius 3 is 2.81 bits per heavy atom. The van der Waals surface area contributed by atoms with Gasteiger partial charge in [0.05, 0.1) is 17.6 Å². The molecular weight excluding hydrogens is 467 g/mol. The highest BCUT2D eigenvalue weighted by molar-refractivity contribution is 14.1. The van der Waals surface area contributed by atoms with E-state index in [1.54, 1.807) is 6.20 Å². The molecule has 1 unspecified atom stereocenters. The topological polar surface area (TPSA) is 87.4 Å². The van der Waals surface area contributed by atoms with Gasteiger partial charge >= 0.3 is 0 Å². The summed E-state index contributed by atoms with van der Waals surface area (Å²) in [6, 6.07) is 3.00. The van der Waals surface area contributed by atoms with Crippen LogP contribution in [0, 0.1) is 15.2 Å². The number of aromatic nitrogens is 6. The number of benzene rings is 1. The zero-order valence-corrected chi connectivity index (χ0v) is 16.3. The Kier molecular flexibility index (Phi) is 4.50. The summed E-state index contributed by atoms with van der Waals surface area (Å²) in [4.78, 5) is 8.39. The summed E-state index contributed by atoms with van der Waals surface area (Å²) < 4.78 is 31.6. The fraction of sp³-hybridized carbons (Fsp3) is 0.176.